The lowest BCUT2D eigenvalue weighted by Gasteiger charge is -2.40. The quantitative estimate of drug-likeness (QED) is 0.175. The number of nitrogens with zero attached hydrogens (tertiary/aromatic N) is 1. The maximum absolute atomic E-state index is 7.27. The van der Waals surface area contributed by atoms with Gasteiger partial charge in [0.25, 0.3) is 0 Å². The van der Waals surface area contributed by atoms with Crippen LogP contribution in [0.15, 0.2) is 224 Å². The molecule has 0 fully saturated rings. The van der Waals surface area contributed by atoms with Crippen LogP contribution in [0, 0.1) is 0 Å². The molecule has 0 amide bonds. The highest BCUT2D eigenvalue weighted by Gasteiger charge is 2.52. The molecule has 0 radical (unpaired) electrons. The van der Waals surface area contributed by atoms with Gasteiger partial charge in [-0.2, -0.15) is 0 Å². The van der Waals surface area contributed by atoms with Crippen molar-refractivity contribution in [2.24, 2.45) is 0 Å². The highest BCUT2D eigenvalue weighted by atomic mass is 32.1. The Bertz CT molecular complexity index is 4090. The molecular formula is C66H43NOS. The second-order valence-electron chi connectivity index (χ2n) is 19.5. The van der Waals surface area contributed by atoms with Crippen LogP contribution in [0.4, 0.5) is 17.1 Å². The average Bonchev–Trinajstić information content (AvgIpc) is 4.01. The van der Waals surface area contributed by atoms with Gasteiger partial charge in [0.15, 0.2) is 0 Å². The van der Waals surface area contributed by atoms with Crippen molar-refractivity contribution in [3.8, 4) is 44.9 Å². The molecule has 1 aromatic heterocycles. The maximum Gasteiger partial charge on any atom is 0.140 e. The van der Waals surface area contributed by atoms with Gasteiger partial charge in [0.05, 0.1) is 11.1 Å². The molecular weight excluding hydrogens is 855 g/mol. The number of thiophene rings is 1. The maximum atomic E-state index is 7.27. The lowest BCUT2D eigenvalue weighted by atomic mass is 9.65. The lowest BCUT2D eigenvalue weighted by molar-refractivity contribution is 0.447. The van der Waals surface area contributed by atoms with Crippen LogP contribution in [0.25, 0.3) is 75.1 Å². The smallest absolute Gasteiger partial charge is 0.140 e. The minimum Gasteiger partial charge on any atom is -0.455 e. The second kappa shape index (κ2) is 14.1. The largest absolute Gasteiger partial charge is 0.455 e. The predicted molar refractivity (Wildman–Crippen MR) is 289 cm³/mol. The van der Waals surface area contributed by atoms with E-state index in [1.54, 1.807) is 0 Å². The molecule has 0 saturated heterocycles. The third kappa shape index (κ3) is 5.20. The molecule has 1 aliphatic heterocycles. The Labute approximate surface area is 405 Å². The van der Waals surface area contributed by atoms with E-state index in [9.17, 15) is 0 Å². The van der Waals surface area contributed by atoms with Crippen LogP contribution in [-0.4, -0.2) is 0 Å². The van der Waals surface area contributed by atoms with Crippen molar-refractivity contribution in [1.82, 2.24) is 0 Å². The zero-order valence-electron chi connectivity index (χ0n) is 38.1. The van der Waals surface area contributed by atoms with Gasteiger partial charge in [-0.1, -0.05) is 196 Å². The Morgan fingerprint density at radius 3 is 1.75 bits per heavy atom. The van der Waals surface area contributed by atoms with E-state index in [0.717, 1.165) is 33.6 Å². The monoisotopic (exact) mass is 897 g/mol. The molecule has 3 aliphatic rings. The van der Waals surface area contributed by atoms with E-state index in [0.29, 0.717) is 0 Å². The fraction of sp³-hybridized carbons (Fsp3) is 0.0606. The number of hydrogen-bond donors (Lipinski definition) is 0. The van der Waals surface area contributed by atoms with Gasteiger partial charge in [-0.25, -0.2) is 0 Å². The van der Waals surface area contributed by atoms with E-state index in [1.165, 1.54) is 103 Å². The van der Waals surface area contributed by atoms with Crippen LogP contribution in [0.1, 0.15) is 47.2 Å². The van der Waals surface area contributed by atoms with Gasteiger partial charge in [0, 0.05) is 58.9 Å². The summed E-state index contributed by atoms with van der Waals surface area (Å²) in [5.74, 6) is 1.86. The second-order valence-corrected chi connectivity index (χ2v) is 20.6. The number of fused-ring (bicyclic) bond motifs is 19. The van der Waals surface area contributed by atoms with E-state index in [1.807, 2.05) is 11.3 Å². The van der Waals surface area contributed by atoms with Crippen molar-refractivity contribution in [2.45, 2.75) is 24.7 Å². The Morgan fingerprint density at radius 1 is 0.391 bits per heavy atom. The van der Waals surface area contributed by atoms with Crippen molar-refractivity contribution >= 4 is 70.1 Å². The minimum absolute atomic E-state index is 0.148. The Kier molecular flexibility index (Phi) is 7.96. The van der Waals surface area contributed by atoms with Crippen LogP contribution >= 0.6 is 11.3 Å². The van der Waals surface area contributed by atoms with E-state index in [2.05, 4.69) is 243 Å². The SMILES string of the molecule is CC1(C)c2ccccc2-c2ccc(N(c3cccc(-c4cccc5c4-c4ccccc4C54c5ccc6ccccc6c5Oc5c4ccc4ccccc54)c3)c3cccc4sc5ccccc5c34)cc21. The molecule has 69 heavy (non-hydrogen) atoms. The molecule has 11 aromatic carbocycles. The van der Waals surface area contributed by atoms with Crippen molar-refractivity contribution in [3.63, 3.8) is 0 Å². The molecule has 15 rings (SSSR count). The first-order chi connectivity index (χ1) is 34.0. The zero-order chi connectivity index (χ0) is 45.6. The Balaban J connectivity index is 0.983. The summed E-state index contributed by atoms with van der Waals surface area (Å²) in [4.78, 5) is 2.52. The molecule has 2 heterocycles. The number of anilines is 3. The molecule has 0 unspecified atom stereocenters. The van der Waals surface area contributed by atoms with Crippen molar-refractivity contribution in [3.05, 3.63) is 258 Å². The number of benzene rings is 11. The van der Waals surface area contributed by atoms with Gasteiger partial charge in [-0.15, -0.1) is 11.3 Å². The van der Waals surface area contributed by atoms with Crippen LogP contribution < -0.4 is 9.64 Å². The van der Waals surface area contributed by atoms with E-state index in [4.69, 9.17) is 4.74 Å². The summed E-state index contributed by atoms with van der Waals surface area (Å²) < 4.78 is 9.84. The summed E-state index contributed by atoms with van der Waals surface area (Å²) >= 11 is 1.87. The summed E-state index contributed by atoms with van der Waals surface area (Å²) in [7, 11) is 0. The molecule has 2 aliphatic carbocycles. The van der Waals surface area contributed by atoms with Crippen LogP contribution in [0.5, 0.6) is 11.5 Å². The average molecular weight is 898 g/mol. The Morgan fingerprint density at radius 2 is 0.971 bits per heavy atom. The molecule has 2 nitrogen and oxygen atoms in total. The standard InChI is InChI=1S/C66H43NOS/c1-65(2)52-26-10-7-22-48(52)49-35-34-44(39-57(49)65)67(58-29-15-31-60-62(58)51-24-9-12-30-59(51)69-60)43-19-13-18-42(38-43)45-25-14-28-54-61(45)50-23-8-11-27-53(50)66(54)55-36-32-40-16-3-5-20-46(40)63(55)68-64-47-21-6-4-17-41(47)33-37-56(64)66/h3-39H,1-2H3. The molecule has 0 N–H and O–H groups in total. The molecule has 324 valence electrons. The minimum atomic E-state index is -0.632. The van der Waals surface area contributed by atoms with Gasteiger partial charge in [-0.05, 0) is 109 Å². The molecule has 12 aromatic rings. The predicted octanol–water partition coefficient (Wildman–Crippen LogP) is 18.3. The Hall–Kier alpha value is -8.24. The van der Waals surface area contributed by atoms with Crippen LogP contribution in [-0.2, 0) is 10.8 Å². The third-order valence-electron chi connectivity index (χ3n) is 15.7. The third-order valence-corrected chi connectivity index (χ3v) is 16.8. The van der Waals surface area contributed by atoms with Gasteiger partial charge >= 0.3 is 0 Å². The summed E-state index contributed by atoms with van der Waals surface area (Å²) in [5, 5.41) is 7.13. The zero-order valence-corrected chi connectivity index (χ0v) is 38.9. The van der Waals surface area contributed by atoms with Crippen LogP contribution in [0.2, 0.25) is 0 Å². The first-order valence-corrected chi connectivity index (χ1v) is 24.8. The van der Waals surface area contributed by atoms with E-state index in [-0.39, 0.29) is 5.41 Å². The van der Waals surface area contributed by atoms with Crippen molar-refractivity contribution in [1.29, 1.82) is 0 Å². The molecule has 3 heteroatoms. The lowest BCUT2D eigenvalue weighted by Crippen LogP contribution is -2.32. The summed E-state index contributed by atoms with van der Waals surface area (Å²) in [6, 6.07) is 83.7. The highest BCUT2D eigenvalue weighted by molar-refractivity contribution is 7.26. The first-order valence-electron chi connectivity index (χ1n) is 24.0. The van der Waals surface area contributed by atoms with Gasteiger partial charge in [0.2, 0.25) is 0 Å². The molecule has 0 saturated carbocycles. The van der Waals surface area contributed by atoms with E-state index < -0.39 is 5.41 Å². The summed E-state index contributed by atoms with van der Waals surface area (Å²) in [6.07, 6.45) is 0. The first kappa shape index (κ1) is 38.8. The fourth-order valence-corrected chi connectivity index (χ4v) is 13.8. The summed E-state index contributed by atoms with van der Waals surface area (Å²) in [5.41, 5.74) is 17.8. The van der Waals surface area contributed by atoms with Gasteiger partial charge in [-0.3, -0.25) is 0 Å². The number of ether oxygens (including phenoxy) is 1. The number of rotatable bonds is 4. The fourth-order valence-electron chi connectivity index (χ4n) is 12.7. The van der Waals surface area contributed by atoms with Gasteiger partial charge in [0.1, 0.15) is 11.5 Å². The summed E-state index contributed by atoms with van der Waals surface area (Å²) in [6.45, 7) is 4.75. The van der Waals surface area contributed by atoms with E-state index >= 15 is 0 Å². The number of hydrogen-bond acceptors (Lipinski definition) is 3. The van der Waals surface area contributed by atoms with Crippen LogP contribution in [0.3, 0.4) is 0 Å². The van der Waals surface area contributed by atoms with Crippen molar-refractivity contribution in [2.75, 3.05) is 4.90 Å². The highest BCUT2D eigenvalue weighted by Crippen LogP contribution is 2.65. The van der Waals surface area contributed by atoms with Gasteiger partial charge < -0.3 is 9.64 Å². The molecule has 0 atom stereocenters. The van der Waals surface area contributed by atoms with Crippen molar-refractivity contribution < 1.29 is 4.74 Å². The molecule has 1 spiro atoms. The normalized spacial score (nSPS) is 14.3. The molecule has 0 bridgehead atoms. The topological polar surface area (TPSA) is 12.5 Å².